The third kappa shape index (κ3) is 5.03. The molecule has 3 aromatic heterocycles. The highest BCUT2D eigenvalue weighted by Crippen LogP contribution is 2.42. The van der Waals surface area contributed by atoms with Crippen LogP contribution in [0.5, 0.6) is 0 Å². The summed E-state index contributed by atoms with van der Waals surface area (Å²) in [5.41, 5.74) is 12.4. The summed E-state index contributed by atoms with van der Waals surface area (Å²) < 4.78 is 4.66. The van der Waals surface area contributed by atoms with Gasteiger partial charge in [0, 0.05) is 37.7 Å². The number of rotatable bonds is 5. The van der Waals surface area contributed by atoms with E-state index in [0.717, 1.165) is 43.9 Å². The summed E-state index contributed by atoms with van der Waals surface area (Å²) in [5, 5.41) is 6.08. The van der Waals surface area contributed by atoms with Gasteiger partial charge < -0.3 is 4.57 Å². The Morgan fingerprint density at radius 1 is 0.389 bits per heavy atom. The molecule has 0 saturated carbocycles. The molecular formula is C50H31N3S. The number of hydrogen-bond acceptors (Lipinski definition) is 3. The van der Waals surface area contributed by atoms with E-state index in [9.17, 15) is 0 Å². The normalized spacial score (nSPS) is 11.7. The molecule has 252 valence electrons. The maximum absolute atomic E-state index is 5.26. The summed E-state index contributed by atoms with van der Waals surface area (Å²) in [6.45, 7) is 0. The van der Waals surface area contributed by atoms with Gasteiger partial charge in [-0.15, -0.1) is 11.3 Å². The lowest BCUT2D eigenvalue weighted by Crippen LogP contribution is -1.93. The van der Waals surface area contributed by atoms with E-state index in [1.165, 1.54) is 59.5 Å². The number of nitrogens with zero attached hydrogens (tertiary/aromatic N) is 3. The number of thiophene rings is 1. The van der Waals surface area contributed by atoms with Gasteiger partial charge in [-0.05, 0) is 75.5 Å². The lowest BCUT2D eigenvalue weighted by atomic mass is 9.99. The van der Waals surface area contributed by atoms with Crippen LogP contribution in [0.25, 0.3) is 103 Å². The predicted octanol–water partition coefficient (Wildman–Crippen LogP) is 13.8. The van der Waals surface area contributed by atoms with E-state index in [1.54, 1.807) is 11.3 Å². The van der Waals surface area contributed by atoms with E-state index >= 15 is 0 Å². The molecule has 11 aromatic rings. The molecule has 0 N–H and O–H groups in total. The second kappa shape index (κ2) is 12.4. The van der Waals surface area contributed by atoms with Gasteiger partial charge in [0.15, 0.2) is 5.82 Å². The van der Waals surface area contributed by atoms with Crippen molar-refractivity contribution in [3.05, 3.63) is 188 Å². The molecule has 0 radical (unpaired) electrons. The SMILES string of the molecule is c1ccc(-c2ccc3cc(-c4nc(-c5ccccc5)nc5c4sc4cc(-c6ccc(-n7c8ccccc8c8ccccc87)cc6)ccc45)ccc3c2)cc1. The van der Waals surface area contributed by atoms with E-state index in [0.29, 0.717) is 0 Å². The fourth-order valence-corrected chi connectivity index (χ4v) is 9.13. The fraction of sp³-hybridized carbons (Fsp3) is 0. The molecule has 11 rings (SSSR count). The van der Waals surface area contributed by atoms with Crippen molar-refractivity contribution in [2.24, 2.45) is 0 Å². The second-order valence-corrected chi connectivity index (χ2v) is 14.9. The molecule has 3 nitrogen and oxygen atoms in total. The molecule has 0 saturated heterocycles. The van der Waals surface area contributed by atoms with Crippen LogP contribution < -0.4 is 0 Å². The number of fused-ring (bicyclic) bond motifs is 7. The van der Waals surface area contributed by atoms with E-state index < -0.39 is 0 Å². The Morgan fingerprint density at radius 3 is 1.63 bits per heavy atom. The molecular weight excluding hydrogens is 675 g/mol. The van der Waals surface area contributed by atoms with Crippen molar-refractivity contribution >= 4 is 64.2 Å². The number of para-hydroxylation sites is 2. The largest absolute Gasteiger partial charge is 0.309 e. The van der Waals surface area contributed by atoms with Gasteiger partial charge in [-0.1, -0.05) is 146 Å². The van der Waals surface area contributed by atoms with Gasteiger partial charge in [-0.25, -0.2) is 9.97 Å². The highest BCUT2D eigenvalue weighted by molar-refractivity contribution is 7.26. The topological polar surface area (TPSA) is 30.7 Å². The third-order valence-electron chi connectivity index (χ3n) is 10.6. The number of aromatic nitrogens is 3. The van der Waals surface area contributed by atoms with Crippen LogP contribution in [0.3, 0.4) is 0 Å². The first-order valence-corrected chi connectivity index (χ1v) is 19.1. The quantitative estimate of drug-likeness (QED) is 0.178. The molecule has 0 bridgehead atoms. The van der Waals surface area contributed by atoms with Crippen LogP contribution in [0, 0.1) is 0 Å². The zero-order chi connectivity index (χ0) is 35.6. The summed E-state index contributed by atoms with van der Waals surface area (Å²) in [5.74, 6) is 0.738. The molecule has 0 atom stereocenters. The molecule has 0 amide bonds. The second-order valence-electron chi connectivity index (χ2n) is 13.8. The maximum Gasteiger partial charge on any atom is 0.160 e. The Hall–Kier alpha value is -6.88. The highest BCUT2D eigenvalue weighted by atomic mass is 32.1. The summed E-state index contributed by atoms with van der Waals surface area (Å²) >= 11 is 1.78. The summed E-state index contributed by atoms with van der Waals surface area (Å²) in [6, 6.07) is 67.3. The number of benzene rings is 8. The summed E-state index contributed by atoms with van der Waals surface area (Å²) in [6.07, 6.45) is 0. The molecule has 0 aliphatic carbocycles. The van der Waals surface area contributed by atoms with Gasteiger partial charge in [-0.2, -0.15) is 0 Å². The monoisotopic (exact) mass is 705 g/mol. The molecule has 0 unspecified atom stereocenters. The molecule has 0 spiro atoms. The van der Waals surface area contributed by atoms with Crippen molar-refractivity contribution < 1.29 is 0 Å². The van der Waals surface area contributed by atoms with Crippen molar-refractivity contribution in [2.45, 2.75) is 0 Å². The summed E-state index contributed by atoms with van der Waals surface area (Å²) in [7, 11) is 0. The van der Waals surface area contributed by atoms with Crippen molar-refractivity contribution in [2.75, 3.05) is 0 Å². The van der Waals surface area contributed by atoms with Gasteiger partial charge in [-0.3, -0.25) is 0 Å². The van der Waals surface area contributed by atoms with Crippen LogP contribution in [-0.2, 0) is 0 Å². The smallest absolute Gasteiger partial charge is 0.160 e. The van der Waals surface area contributed by atoms with Crippen molar-refractivity contribution in [1.29, 1.82) is 0 Å². The Balaban J connectivity index is 1.02. The van der Waals surface area contributed by atoms with Crippen LogP contribution in [0.1, 0.15) is 0 Å². The van der Waals surface area contributed by atoms with Crippen molar-refractivity contribution in [1.82, 2.24) is 14.5 Å². The van der Waals surface area contributed by atoms with Gasteiger partial charge in [0.25, 0.3) is 0 Å². The zero-order valence-electron chi connectivity index (χ0n) is 29.1. The first kappa shape index (κ1) is 30.7. The minimum absolute atomic E-state index is 0.738. The van der Waals surface area contributed by atoms with Crippen molar-refractivity contribution in [3.63, 3.8) is 0 Å². The van der Waals surface area contributed by atoms with Crippen LogP contribution in [0.4, 0.5) is 0 Å². The van der Waals surface area contributed by atoms with Gasteiger partial charge in [0.05, 0.1) is 26.9 Å². The lowest BCUT2D eigenvalue weighted by Gasteiger charge is -2.10. The Labute approximate surface area is 316 Å². The molecule has 0 aliphatic heterocycles. The Morgan fingerprint density at radius 2 is 0.926 bits per heavy atom. The number of hydrogen-bond donors (Lipinski definition) is 0. The van der Waals surface area contributed by atoms with Gasteiger partial charge in [0.1, 0.15) is 0 Å². The van der Waals surface area contributed by atoms with Crippen LogP contribution in [0.15, 0.2) is 188 Å². The first-order valence-electron chi connectivity index (χ1n) is 18.2. The fourth-order valence-electron chi connectivity index (χ4n) is 7.94. The summed E-state index contributed by atoms with van der Waals surface area (Å²) in [4.78, 5) is 10.5. The molecule has 54 heavy (non-hydrogen) atoms. The van der Waals surface area contributed by atoms with Gasteiger partial charge >= 0.3 is 0 Å². The van der Waals surface area contributed by atoms with E-state index in [1.807, 2.05) is 18.2 Å². The van der Waals surface area contributed by atoms with E-state index in [-0.39, 0.29) is 0 Å². The Bertz CT molecular complexity index is 3140. The molecule has 4 heteroatoms. The third-order valence-corrected chi connectivity index (χ3v) is 11.8. The van der Waals surface area contributed by atoms with E-state index in [2.05, 4.69) is 174 Å². The van der Waals surface area contributed by atoms with Crippen LogP contribution in [-0.4, -0.2) is 14.5 Å². The average molecular weight is 706 g/mol. The molecule has 8 aromatic carbocycles. The standard InChI is InChI=1S/C50H31N3S/c1-3-11-32(12-4-1)35-19-20-37-30-39(22-21-36(37)29-35)47-49-48(52-50(51-47)34-13-5-2-6-14-34)43-28-25-38(31-46(43)54-49)33-23-26-40(27-24-33)53-44-17-9-7-15-41(44)42-16-8-10-18-45(42)53/h1-31H. The minimum atomic E-state index is 0.738. The van der Waals surface area contributed by atoms with E-state index in [4.69, 9.17) is 9.97 Å². The molecule has 3 heterocycles. The highest BCUT2D eigenvalue weighted by Gasteiger charge is 2.18. The zero-order valence-corrected chi connectivity index (χ0v) is 30.0. The van der Waals surface area contributed by atoms with Crippen LogP contribution in [0.2, 0.25) is 0 Å². The lowest BCUT2D eigenvalue weighted by molar-refractivity contribution is 1.18. The van der Waals surface area contributed by atoms with Crippen molar-refractivity contribution in [3.8, 4) is 50.6 Å². The minimum Gasteiger partial charge on any atom is -0.309 e. The molecule has 0 fully saturated rings. The maximum atomic E-state index is 5.26. The average Bonchev–Trinajstić information content (AvgIpc) is 3.79. The Kier molecular flexibility index (Phi) is 7.04. The van der Waals surface area contributed by atoms with Crippen LogP contribution >= 0.6 is 11.3 Å². The predicted molar refractivity (Wildman–Crippen MR) is 229 cm³/mol. The molecule has 0 aliphatic rings. The van der Waals surface area contributed by atoms with Gasteiger partial charge in [0.2, 0.25) is 0 Å². The first-order chi connectivity index (χ1) is 26.7.